The molecule has 0 aromatic heterocycles. The number of nitrogens with zero attached hydrogens (tertiary/aromatic N) is 1. The molecular weight excluding hydrogens is 229 g/mol. The van der Waals surface area contributed by atoms with Gasteiger partial charge in [0.25, 0.3) is 0 Å². The number of benzene rings is 2. The fourth-order valence-corrected chi connectivity index (χ4v) is 1.64. The van der Waals surface area contributed by atoms with E-state index in [2.05, 4.69) is 5.32 Å². The summed E-state index contributed by atoms with van der Waals surface area (Å²) in [5.41, 5.74) is 8.15. The zero-order valence-electron chi connectivity index (χ0n) is 9.65. The first kappa shape index (κ1) is 11.9. The molecule has 3 N–H and O–H groups in total. The van der Waals surface area contributed by atoms with Crippen LogP contribution in [0.2, 0.25) is 0 Å². The highest BCUT2D eigenvalue weighted by molar-refractivity contribution is 5.65. The summed E-state index contributed by atoms with van der Waals surface area (Å²) in [4.78, 5) is 0. The van der Waals surface area contributed by atoms with Gasteiger partial charge < -0.3 is 11.1 Å². The zero-order chi connectivity index (χ0) is 13.0. The van der Waals surface area contributed by atoms with Crippen LogP contribution in [-0.2, 0) is 6.42 Å². The summed E-state index contributed by atoms with van der Waals surface area (Å²) in [5.74, 6) is -0.323. The molecule has 0 unspecified atom stereocenters. The summed E-state index contributed by atoms with van der Waals surface area (Å²) >= 11 is 0. The Hall–Kier alpha value is -2.54. The van der Waals surface area contributed by atoms with E-state index >= 15 is 0 Å². The fourth-order valence-electron chi connectivity index (χ4n) is 1.64. The minimum atomic E-state index is -0.323. The minimum Gasteiger partial charge on any atom is -0.398 e. The van der Waals surface area contributed by atoms with Crippen molar-refractivity contribution in [3.63, 3.8) is 0 Å². The number of halogens is 1. The van der Waals surface area contributed by atoms with Gasteiger partial charge in [0.2, 0.25) is 0 Å². The summed E-state index contributed by atoms with van der Waals surface area (Å²) < 4.78 is 13.5. The Morgan fingerprint density at radius 2 is 2.00 bits per heavy atom. The van der Waals surface area contributed by atoms with Gasteiger partial charge >= 0.3 is 0 Å². The number of hydrogen-bond donors (Lipinski definition) is 2. The van der Waals surface area contributed by atoms with E-state index in [4.69, 9.17) is 11.0 Å². The van der Waals surface area contributed by atoms with Crippen molar-refractivity contribution in [3.05, 3.63) is 53.8 Å². The number of nitrogens with two attached hydrogens (primary N) is 1. The van der Waals surface area contributed by atoms with Crippen molar-refractivity contribution in [1.29, 1.82) is 5.26 Å². The maximum absolute atomic E-state index is 13.5. The lowest BCUT2D eigenvalue weighted by Crippen LogP contribution is -1.97. The van der Waals surface area contributed by atoms with Gasteiger partial charge in [-0.15, -0.1) is 0 Å². The lowest BCUT2D eigenvalue weighted by atomic mass is 10.1. The van der Waals surface area contributed by atoms with E-state index in [1.807, 2.05) is 6.07 Å². The van der Waals surface area contributed by atoms with Gasteiger partial charge in [-0.25, -0.2) is 4.39 Å². The number of rotatable bonds is 3. The first-order valence-electron chi connectivity index (χ1n) is 5.47. The van der Waals surface area contributed by atoms with Gasteiger partial charge in [0.05, 0.1) is 18.2 Å². The van der Waals surface area contributed by atoms with Crippen molar-refractivity contribution in [2.45, 2.75) is 6.42 Å². The van der Waals surface area contributed by atoms with E-state index in [9.17, 15) is 4.39 Å². The summed E-state index contributed by atoms with van der Waals surface area (Å²) in [6.07, 6.45) is 0.235. The topological polar surface area (TPSA) is 61.8 Å². The Morgan fingerprint density at radius 3 is 2.72 bits per heavy atom. The van der Waals surface area contributed by atoms with Gasteiger partial charge in [0, 0.05) is 11.4 Å². The SMILES string of the molecule is N#CCc1cc(Nc2ccccc2F)ccc1N. The average molecular weight is 241 g/mol. The summed E-state index contributed by atoms with van der Waals surface area (Å²) in [6.45, 7) is 0. The van der Waals surface area contributed by atoms with E-state index in [0.717, 1.165) is 5.56 Å². The first-order chi connectivity index (χ1) is 8.70. The van der Waals surface area contributed by atoms with Crippen LogP contribution in [0.4, 0.5) is 21.5 Å². The zero-order valence-corrected chi connectivity index (χ0v) is 9.65. The number of para-hydroxylation sites is 1. The van der Waals surface area contributed by atoms with Crippen molar-refractivity contribution >= 4 is 17.1 Å². The quantitative estimate of drug-likeness (QED) is 0.811. The van der Waals surface area contributed by atoms with Gasteiger partial charge in [-0.1, -0.05) is 12.1 Å². The summed E-state index contributed by atoms with van der Waals surface area (Å²) in [7, 11) is 0. The molecule has 0 atom stereocenters. The Labute approximate surface area is 105 Å². The van der Waals surface area contributed by atoms with Gasteiger partial charge in [-0.05, 0) is 35.9 Å². The third kappa shape index (κ3) is 2.58. The summed E-state index contributed by atoms with van der Waals surface area (Å²) in [5, 5.41) is 11.6. The standard InChI is InChI=1S/C14H12FN3/c15-12-3-1-2-4-14(12)18-11-5-6-13(17)10(9-11)7-8-16/h1-6,9,18H,7,17H2. The molecule has 0 bridgehead atoms. The molecule has 0 saturated carbocycles. The van der Waals surface area contributed by atoms with Crippen molar-refractivity contribution in [2.24, 2.45) is 0 Å². The Kier molecular flexibility index (Phi) is 3.44. The largest absolute Gasteiger partial charge is 0.398 e. The normalized spacial score (nSPS) is 9.78. The molecule has 0 radical (unpaired) electrons. The van der Waals surface area contributed by atoms with Crippen molar-refractivity contribution in [2.75, 3.05) is 11.1 Å². The lowest BCUT2D eigenvalue weighted by molar-refractivity contribution is 0.632. The predicted molar refractivity (Wildman–Crippen MR) is 69.9 cm³/mol. The molecule has 0 aliphatic rings. The fraction of sp³-hybridized carbons (Fsp3) is 0.0714. The number of anilines is 3. The monoisotopic (exact) mass is 241 g/mol. The number of nitrogens with one attached hydrogen (secondary N) is 1. The molecule has 0 heterocycles. The predicted octanol–water partition coefficient (Wildman–Crippen LogP) is 3.22. The van der Waals surface area contributed by atoms with Crippen LogP contribution >= 0.6 is 0 Å². The average Bonchev–Trinajstić information content (AvgIpc) is 2.36. The van der Waals surface area contributed by atoms with E-state index in [1.54, 1.807) is 36.4 Å². The number of hydrogen-bond acceptors (Lipinski definition) is 3. The highest BCUT2D eigenvalue weighted by Gasteiger charge is 2.04. The van der Waals surface area contributed by atoms with Crippen LogP contribution in [0, 0.1) is 17.1 Å². The van der Waals surface area contributed by atoms with Crippen molar-refractivity contribution in [1.82, 2.24) is 0 Å². The maximum atomic E-state index is 13.5. The smallest absolute Gasteiger partial charge is 0.146 e. The third-order valence-corrected chi connectivity index (χ3v) is 2.57. The second kappa shape index (κ2) is 5.19. The molecule has 4 heteroatoms. The molecule has 2 aromatic carbocycles. The van der Waals surface area contributed by atoms with Crippen LogP contribution in [-0.4, -0.2) is 0 Å². The molecule has 0 aliphatic carbocycles. The maximum Gasteiger partial charge on any atom is 0.146 e. The lowest BCUT2D eigenvalue weighted by Gasteiger charge is -2.09. The minimum absolute atomic E-state index is 0.235. The molecule has 2 rings (SSSR count). The van der Waals surface area contributed by atoms with Gasteiger partial charge in [-0.2, -0.15) is 5.26 Å². The molecule has 0 amide bonds. The van der Waals surface area contributed by atoms with Crippen LogP contribution in [0.5, 0.6) is 0 Å². The highest BCUT2D eigenvalue weighted by Crippen LogP contribution is 2.23. The molecule has 0 aliphatic heterocycles. The Balaban J connectivity index is 2.28. The molecule has 3 nitrogen and oxygen atoms in total. The van der Waals surface area contributed by atoms with Crippen molar-refractivity contribution in [3.8, 4) is 6.07 Å². The van der Waals surface area contributed by atoms with Gasteiger partial charge in [0.15, 0.2) is 0 Å². The third-order valence-electron chi connectivity index (χ3n) is 2.57. The second-order valence-electron chi connectivity index (χ2n) is 3.85. The van der Waals surface area contributed by atoms with E-state index in [-0.39, 0.29) is 12.2 Å². The van der Waals surface area contributed by atoms with Gasteiger partial charge in [-0.3, -0.25) is 0 Å². The first-order valence-corrected chi connectivity index (χ1v) is 5.47. The van der Waals surface area contributed by atoms with Crippen LogP contribution in [0.25, 0.3) is 0 Å². The van der Waals surface area contributed by atoms with E-state index < -0.39 is 0 Å². The van der Waals surface area contributed by atoms with Crippen LogP contribution in [0.15, 0.2) is 42.5 Å². The molecule has 0 fully saturated rings. The molecule has 2 aromatic rings. The highest BCUT2D eigenvalue weighted by atomic mass is 19.1. The molecule has 0 saturated heterocycles. The molecule has 90 valence electrons. The number of nitrogen functional groups attached to an aromatic ring is 1. The molecular formula is C14H12FN3. The second-order valence-corrected chi connectivity index (χ2v) is 3.85. The van der Waals surface area contributed by atoms with Crippen LogP contribution in [0.3, 0.4) is 0 Å². The van der Waals surface area contributed by atoms with Gasteiger partial charge in [0.1, 0.15) is 5.82 Å². The Bertz CT molecular complexity index is 602. The van der Waals surface area contributed by atoms with Crippen LogP contribution in [0.1, 0.15) is 5.56 Å². The van der Waals surface area contributed by atoms with Crippen molar-refractivity contribution < 1.29 is 4.39 Å². The van der Waals surface area contributed by atoms with E-state index in [1.165, 1.54) is 6.07 Å². The Morgan fingerprint density at radius 1 is 1.22 bits per heavy atom. The molecule has 18 heavy (non-hydrogen) atoms. The number of nitriles is 1. The van der Waals surface area contributed by atoms with Crippen LogP contribution < -0.4 is 11.1 Å². The van der Waals surface area contributed by atoms with E-state index in [0.29, 0.717) is 17.1 Å². The molecule has 0 spiro atoms. The summed E-state index contributed by atoms with van der Waals surface area (Å²) in [6, 6.07) is 13.7.